The summed E-state index contributed by atoms with van der Waals surface area (Å²) in [5, 5.41) is 19.6. The molecule has 0 unspecified atom stereocenters. The molecule has 2 N–H and O–H groups in total. The van der Waals surface area contributed by atoms with Crippen molar-refractivity contribution in [3.8, 4) is 11.3 Å². The number of hydrogen-bond donors (Lipinski definition) is 2. The molecule has 2 atom stereocenters. The van der Waals surface area contributed by atoms with Gasteiger partial charge in [-0.15, -0.1) is 0 Å². The van der Waals surface area contributed by atoms with E-state index in [1.807, 2.05) is 34.9 Å². The first-order valence-corrected chi connectivity index (χ1v) is 8.65. The summed E-state index contributed by atoms with van der Waals surface area (Å²) in [6, 6.07) is 12.0. The molecular weight excluding hydrogens is 316 g/mol. The fourth-order valence-corrected chi connectivity index (χ4v) is 3.53. The smallest absolute Gasteiger partial charge is 0.234 e. The Morgan fingerprint density at radius 1 is 1.16 bits per heavy atom. The molecule has 3 aromatic rings. The summed E-state index contributed by atoms with van der Waals surface area (Å²) in [6.07, 6.45) is 4.04. The molecule has 0 radical (unpaired) electrons. The lowest BCUT2D eigenvalue weighted by atomic mass is 9.94. The second-order valence-electron chi connectivity index (χ2n) is 6.60. The summed E-state index contributed by atoms with van der Waals surface area (Å²) < 4.78 is 2.02. The van der Waals surface area contributed by atoms with E-state index in [1.54, 1.807) is 6.20 Å². The van der Waals surface area contributed by atoms with Gasteiger partial charge < -0.3 is 10.2 Å². The SMILES string of the molecule is OC[C@@H]1CCN(Cc2c(-c3ccccc3)nc3ncccn23)C[C@H]1O. The maximum Gasteiger partial charge on any atom is 0.234 e. The van der Waals surface area contributed by atoms with Gasteiger partial charge in [-0.05, 0) is 19.0 Å². The molecule has 6 heteroatoms. The largest absolute Gasteiger partial charge is 0.396 e. The number of nitrogens with zero attached hydrogens (tertiary/aromatic N) is 4. The van der Waals surface area contributed by atoms with E-state index in [0.717, 1.165) is 29.9 Å². The Morgan fingerprint density at radius 3 is 2.76 bits per heavy atom. The predicted octanol–water partition coefficient (Wildman–Crippen LogP) is 1.57. The van der Waals surface area contributed by atoms with Crippen LogP contribution in [-0.4, -0.2) is 55.3 Å². The van der Waals surface area contributed by atoms with Gasteiger partial charge in [0.2, 0.25) is 5.78 Å². The van der Waals surface area contributed by atoms with Crippen LogP contribution in [0, 0.1) is 5.92 Å². The first kappa shape index (κ1) is 16.2. The van der Waals surface area contributed by atoms with Crippen LogP contribution in [0.1, 0.15) is 12.1 Å². The van der Waals surface area contributed by atoms with Crippen LogP contribution in [-0.2, 0) is 6.54 Å². The molecule has 1 aliphatic rings. The molecule has 0 aliphatic carbocycles. The van der Waals surface area contributed by atoms with Gasteiger partial charge in [0.05, 0.1) is 17.5 Å². The third-order valence-corrected chi connectivity index (χ3v) is 4.96. The molecule has 25 heavy (non-hydrogen) atoms. The van der Waals surface area contributed by atoms with E-state index in [-0.39, 0.29) is 12.5 Å². The normalized spacial score (nSPS) is 21.7. The summed E-state index contributed by atoms with van der Waals surface area (Å²) in [6.45, 7) is 2.15. The van der Waals surface area contributed by atoms with Crippen molar-refractivity contribution in [3.63, 3.8) is 0 Å². The lowest BCUT2D eigenvalue weighted by Gasteiger charge is -2.35. The number of likely N-dealkylation sites (tertiary alicyclic amines) is 1. The first-order valence-electron chi connectivity index (χ1n) is 8.65. The number of imidazole rings is 1. The minimum atomic E-state index is -0.490. The molecule has 1 fully saturated rings. The molecule has 4 rings (SSSR count). The van der Waals surface area contributed by atoms with Gasteiger partial charge >= 0.3 is 0 Å². The Hall–Kier alpha value is -2.28. The van der Waals surface area contributed by atoms with E-state index < -0.39 is 6.10 Å². The molecule has 130 valence electrons. The van der Waals surface area contributed by atoms with E-state index in [0.29, 0.717) is 18.9 Å². The van der Waals surface area contributed by atoms with Gasteiger partial charge in [0.25, 0.3) is 0 Å². The molecule has 0 bridgehead atoms. The van der Waals surface area contributed by atoms with Crippen LogP contribution in [0.3, 0.4) is 0 Å². The molecular formula is C19H22N4O2. The van der Waals surface area contributed by atoms with Crippen molar-refractivity contribution in [1.82, 2.24) is 19.3 Å². The molecule has 1 aliphatic heterocycles. The minimum absolute atomic E-state index is 0.0197. The number of aromatic nitrogens is 3. The lowest BCUT2D eigenvalue weighted by molar-refractivity contribution is -0.00481. The van der Waals surface area contributed by atoms with Gasteiger partial charge in [-0.3, -0.25) is 9.30 Å². The van der Waals surface area contributed by atoms with Gasteiger partial charge in [-0.25, -0.2) is 9.97 Å². The minimum Gasteiger partial charge on any atom is -0.396 e. The van der Waals surface area contributed by atoms with Crippen LogP contribution >= 0.6 is 0 Å². The van der Waals surface area contributed by atoms with E-state index in [4.69, 9.17) is 4.98 Å². The maximum absolute atomic E-state index is 10.2. The highest BCUT2D eigenvalue weighted by atomic mass is 16.3. The average molecular weight is 338 g/mol. The van der Waals surface area contributed by atoms with Crippen molar-refractivity contribution in [1.29, 1.82) is 0 Å². The Kier molecular flexibility index (Phi) is 4.48. The van der Waals surface area contributed by atoms with Crippen molar-refractivity contribution in [2.45, 2.75) is 19.1 Å². The molecule has 1 saturated heterocycles. The highest BCUT2D eigenvalue weighted by Gasteiger charge is 2.28. The number of fused-ring (bicyclic) bond motifs is 1. The fourth-order valence-electron chi connectivity index (χ4n) is 3.53. The van der Waals surface area contributed by atoms with Gasteiger partial charge in [-0.1, -0.05) is 30.3 Å². The first-order chi connectivity index (χ1) is 12.3. The number of aliphatic hydroxyl groups excluding tert-OH is 2. The van der Waals surface area contributed by atoms with E-state index in [9.17, 15) is 10.2 Å². The molecule has 1 aromatic carbocycles. The van der Waals surface area contributed by atoms with Crippen molar-refractivity contribution in [2.75, 3.05) is 19.7 Å². The zero-order chi connectivity index (χ0) is 17.2. The van der Waals surface area contributed by atoms with Gasteiger partial charge in [-0.2, -0.15) is 0 Å². The second-order valence-corrected chi connectivity index (χ2v) is 6.60. The molecule has 0 saturated carbocycles. The number of hydrogen-bond acceptors (Lipinski definition) is 5. The third kappa shape index (κ3) is 3.16. The number of benzene rings is 1. The molecule has 0 amide bonds. The summed E-state index contributed by atoms with van der Waals surface area (Å²) in [5.41, 5.74) is 3.07. The Morgan fingerprint density at radius 2 is 2.00 bits per heavy atom. The molecule has 0 spiro atoms. The topological polar surface area (TPSA) is 73.9 Å². The number of aliphatic hydroxyl groups is 2. The monoisotopic (exact) mass is 338 g/mol. The summed E-state index contributed by atoms with van der Waals surface area (Å²) in [7, 11) is 0. The van der Waals surface area contributed by atoms with Crippen molar-refractivity contribution in [3.05, 3.63) is 54.5 Å². The number of rotatable bonds is 4. The third-order valence-electron chi connectivity index (χ3n) is 4.96. The average Bonchev–Trinajstić information content (AvgIpc) is 3.01. The van der Waals surface area contributed by atoms with Gasteiger partial charge in [0, 0.05) is 43.6 Å². The van der Waals surface area contributed by atoms with Crippen LogP contribution in [0.2, 0.25) is 0 Å². The molecule has 2 aromatic heterocycles. The highest BCUT2D eigenvalue weighted by molar-refractivity contribution is 5.65. The Balaban J connectivity index is 1.69. The quantitative estimate of drug-likeness (QED) is 0.755. The van der Waals surface area contributed by atoms with E-state index in [2.05, 4.69) is 22.0 Å². The van der Waals surface area contributed by atoms with Crippen molar-refractivity contribution >= 4 is 5.78 Å². The van der Waals surface area contributed by atoms with Crippen molar-refractivity contribution < 1.29 is 10.2 Å². The summed E-state index contributed by atoms with van der Waals surface area (Å²) in [5.74, 6) is 0.663. The summed E-state index contributed by atoms with van der Waals surface area (Å²) in [4.78, 5) is 11.3. The van der Waals surface area contributed by atoms with Crippen LogP contribution in [0.4, 0.5) is 0 Å². The second kappa shape index (κ2) is 6.92. The zero-order valence-electron chi connectivity index (χ0n) is 14.0. The standard InChI is InChI=1S/C19H22N4O2/c24-13-15-7-10-22(12-17(15)25)11-16-18(14-5-2-1-3-6-14)21-19-20-8-4-9-23(16)19/h1-6,8-9,15,17,24-25H,7,10-13H2/t15-,17+/m0/s1. The van der Waals surface area contributed by atoms with E-state index >= 15 is 0 Å². The maximum atomic E-state index is 10.2. The van der Waals surface area contributed by atoms with Crippen LogP contribution < -0.4 is 0 Å². The molecule has 3 heterocycles. The summed E-state index contributed by atoms with van der Waals surface area (Å²) >= 11 is 0. The van der Waals surface area contributed by atoms with Crippen LogP contribution in [0.25, 0.3) is 17.0 Å². The predicted molar refractivity (Wildman–Crippen MR) is 94.9 cm³/mol. The zero-order valence-corrected chi connectivity index (χ0v) is 14.0. The van der Waals surface area contributed by atoms with Gasteiger partial charge in [0.1, 0.15) is 0 Å². The van der Waals surface area contributed by atoms with Crippen molar-refractivity contribution in [2.24, 2.45) is 5.92 Å². The Labute approximate surface area is 146 Å². The van der Waals surface area contributed by atoms with Gasteiger partial charge in [0.15, 0.2) is 0 Å². The van der Waals surface area contributed by atoms with Crippen LogP contribution in [0.15, 0.2) is 48.8 Å². The highest BCUT2D eigenvalue weighted by Crippen LogP contribution is 2.26. The fraction of sp³-hybridized carbons (Fsp3) is 0.368. The number of piperidine rings is 1. The van der Waals surface area contributed by atoms with Crippen LogP contribution in [0.5, 0.6) is 0 Å². The molecule has 6 nitrogen and oxygen atoms in total. The number of β-amino-alcohol motifs (C(OH)–C–C–N with tert-alkyl or cyclic N) is 1. The van der Waals surface area contributed by atoms with E-state index in [1.165, 1.54) is 0 Å². The lowest BCUT2D eigenvalue weighted by Crippen LogP contribution is -2.44. The Bertz CT molecular complexity index is 849.